The van der Waals surface area contributed by atoms with Crippen LogP contribution >= 0.6 is 12.2 Å². The van der Waals surface area contributed by atoms with Crippen molar-refractivity contribution in [2.45, 2.75) is 11.8 Å². The van der Waals surface area contributed by atoms with E-state index in [2.05, 4.69) is 4.72 Å². The minimum absolute atomic E-state index is 0.0214. The van der Waals surface area contributed by atoms with E-state index in [0.29, 0.717) is 5.56 Å². The highest BCUT2D eigenvalue weighted by molar-refractivity contribution is 7.93. The molecule has 21 heavy (non-hydrogen) atoms. The standard InChI is InChI=1S/C14H13FN2O2S2/c1-9-6-7-10(15)8-12(9)17-21(18,19)13-5-3-2-4-11(13)14(16)20/h2-8,17H,1H3,(H2,16,20). The lowest BCUT2D eigenvalue weighted by Gasteiger charge is -2.13. The highest BCUT2D eigenvalue weighted by Crippen LogP contribution is 2.22. The van der Waals surface area contributed by atoms with Crippen molar-refractivity contribution in [1.29, 1.82) is 0 Å². The molecule has 2 aromatic carbocycles. The number of thiocarbonyl (C=S) groups is 1. The van der Waals surface area contributed by atoms with E-state index in [4.69, 9.17) is 18.0 Å². The zero-order chi connectivity index (χ0) is 15.6. The van der Waals surface area contributed by atoms with Gasteiger partial charge in [0, 0.05) is 5.56 Å². The van der Waals surface area contributed by atoms with Crippen LogP contribution in [-0.2, 0) is 10.0 Å². The summed E-state index contributed by atoms with van der Waals surface area (Å²) in [6.07, 6.45) is 0. The first kappa shape index (κ1) is 15.4. The van der Waals surface area contributed by atoms with Crippen molar-refractivity contribution in [2.24, 2.45) is 5.73 Å². The van der Waals surface area contributed by atoms with Crippen LogP contribution in [0.3, 0.4) is 0 Å². The Bertz CT molecular complexity index is 804. The van der Waals surface area contributed by atoms with E-state index < -0.39 is 15.8 Å². The largest absolute Gasteiger partial charge is 0.389 e. The first-order chi connectivity index (χ1) is 9.81. The predicted molar refractivity (Wildman–Crippen MR) is 84.3 cm³/mol. The van der Waals surface area contributed by atoms with Crippen LogP contribution in [0.4, 0.5) is 10.1 Å². The Kier molecular flexibility index (Phi) is 4.24. The van der Waals surface area contributed by atoms with Gasteiger partial charge in [-0.25, -0.2) is 12.8 Å². The van der Waals surface area contributed by atoms with Crippen molar-refractivity contribution >= 4 is 32.9 Å². The number of hydrogen-bond acceptors (Lipinski definition) is 3. The molecule has 0 aromatic heterocycles. The minimum Gasteiger partial charge on any atom is -0.389 e. The maximum absolute atomic E-state index is 13.3. The quantitative estimate of drug-likeness (QED) is 0.848. The fourth-order valence-corrected chi connectivity index (χ4v) is 3.40. The molecular formula is C14H13FN2O2S2. The molecule has 110 valence electrons. The molecule has 0 radical (unpaired) electrons. The molecule has 0 fully saturated rings. The Morgan fingerprint density at radius 1 is 1.24 bits per heavy atom. The SMILES string of the molecule is Cc1ccc(F)cc1NS(=O)(=O)c1ccccc1C(N)=S. The van der Waals surface area contributed by atoms with Gasteiger partial charge in [-0.2, -0.15) is 0 Å². The highest BCUT2D eigenvalue weighted by Gasteiger charge is 2.20. The van der Waals surface area contributed by atoms with Crippen molar-refractivity contribution < 1.29 is 12.8 Å². The summed E-state index contributed by atoms with van der Waals surface area (Å²) in [5, 5.41) is 0. The van der Waals surface area contributed by atoms with Crippen LogP contribution in [-0.4, -0.2) is 13.4 Å². The number of sulfonamides is 1. The first-order valence-corrected chi connectivity index (χ1v) is 7.88. The van der Waals surface area contributed by atoms with Crippen LogP contribution in [0.2, 0.25) is 0 Å². The molecule has 2 aromatic rings. The first-order valence-electron chi connectivity index (χ1n) is 5.99. The molecule has 0 saturated carbocycles. The zero-order valence-electron chi connectivity index (χ0n) is 11.1. The second kappa shape index (κ2) is 5.79. The third-order valence-electron chi connectivity index (χ3n) is 2.89. The number of aryl methyl sites for hydroxylation is 1. The Morgan fingerprint density at radius 3 is 2.57 bits per heavy atom. The van der Waals surface area contributed by atoms with Crippen LogP contribution in [0.15, 0.2) is 47.4 Å². The van der Waals surface area contributed by atoms with Crippen molar-refractivity contribution in [2.75, 3.05) is 4.72 Å². The normalized spacial score (nSPS) is 11.1. The van der Waals surface area contributed by atoms with Gasteiger partial charge in [0.1, 0.15) is 10.8 Å². The maximum atomic E-state index is 13.3. The van der Waals surface area contributed by atoms with Crippen molar-refractivity contribution in [3.63, 3.8) is 0 Å². The van der Waals surface area contributed by atoms with E-state index in [9.17, 15) is 12.8 Å². The number of hydrogen-bond donors (Lipinski definition) is 2. The Labute approximate surface area is 127 Å². The molecule has 0 bridgehead atoms. The van der Waals surface area contributed by atoms with Gasteiger partial charge in [0.25, 0.3) is 10.0 Å². The van der Waals surface area contributed by atoms with Gasteiger partial charge >= 0.3 is 0 Å². The molecule has 0 aliphatic rings. The maximum Gasteiger partial charge on any atom is 0.262 e. The van der Waals surface area contributed by atoms with Gasteiger partial charge in [-0.05, 0) is 30.7 Å². The molecule has 0 saturated heterocycles. The number of rotatable bonds is 4. The summed E-state index contributed by atoms with van der Waals surface area (Å²) >= 11 is 4.86. The molecule has 0 spiro atoms. The lowest BCUT2D eigenvalue weighted by atomic mass is 10.2. The number of halogens is 1. The van der Waals surface area contributed by atoms with E-state index >= 15 is 0 Å². The lowest BCUT2D eigenvalue weighted by molar-refractivity contribution is 0.601. The van der Waals surface area contributed by atoms with Gasteiger partial charge in [0.2, 0.25) is 0 Å². The minimum atomic E-state index is -3.91. The topological polar surface area (TPSA) is 72.2 Å². The summed E-state index contributed by atoms with van der Waals surface area (Å²) in [5.74, 6) is -0.527. The predicted octanol–water partition coefficient (Wildman–Crippen LogP) is 2.57. The number of nitrogens with two attached hydrogens (primary N) is 1. The van der Waals surface area contributed by atoms with E-state index in [0.717, 1.165) is 6.07 Å². The fourth-order valence-electron chi connectivity index (χ4n) is 1.81. The average molecular weight is 324 g/mol. The third kappa shape index (κ3) is 3.37. The molecule has 2 rings (SSSR count). The molecule has 0 amide bonds. The molecule has 0 atom stereocenters. The second-order valence-electron chi connectivity index (χ2n) is 4.43. The number of benzene rings is 2. The molecule has 3 N–H and O–H groups in total. The van der Waals surface area contributed by atoms with Crippen molar-refractivity contribution in [3.8, 4) is 0 Å². The molecular weight excluding hydrogens is 311 g/mol. The molecule has 0 aliphatic carbocycles. The van der Waals surface area contributed by atoms with Crippen molar-refractivity contribution in [1.82, 2.24) is 0 Å². The summed E-state index contributed by atoms with van der Waals surface area (Å²) in [4.78, 5) is -0.0619. The van der Waals surface area contributed by atoms with Crippen LogP contribution in [0, 0.1) is 12.7 Å². The van der Waals surface area contributed by atoms with E-state index in [1.54, 1.807) is 19.1 Å². The average Bonchev–Trinajstić information content (AvgIpc) is 2.42. The van der Waals surface area contributed by atoms with E-state index in [-0.39, 0.29) is 21.1 Å². The summed E-state index contributed by atoms with van der Waals surface area (Å²) in [7, 11) is -3.91. The summed E-state index contributed by atoms with van der Waals surface area (Å²) < 4.78 is 40.5. The molecule has 4 nitrogen and oxygen atoms in total. The smallest absolute Gasteiger partial charge is 0.262 e. The van der Waals surface area contributed by atoms with Gasteiger partial charge in [-0.3, -0.25) is 4.72 Å². The summed E-state index contributed by atoms with van der Waals surface area (Å²) in [6.45, 7) is 1.68. The molecule has 0 heterocycles. The van der Waals surface area contributed by atoms with Gasteiger partial charge in [-0.1, -0.05) is 36.5 Å². The number of nitrogens with one attached hydrogen (secondary N) is 1. The fraction of sp³-hybridized carbons (Fsp3) is 0.0714. The van der Waals surface area contributed by atoms with Crippen LogP contribution in [0.1, 0.15) is 11.1 Å². The second-order valence-corrected chi connectivity index (χ2v) is 6.52. The number of anilines is 1. The van der Waals surface area contributed by atoms with E-state index in [1.807, 2.05) is 0 Å². The third-order valence-corrected chi connectivity index (χ3v) is 4.53. The van der Waals surface area contributed by atoms with E-state index in [1.165, 1.54) is 24.3 Å². The zero-order valence-corrected chi connectivity index (χ0v) is 12.8. The van der Waals surface area contributed by atoms with Crippen LogP contribution < -0.4 is 10.5 Å². The van der Waals surface area contributed by atoms with Gasteiger partial charge < -0.3 is 5.73 Å². The lowest BCUT2D eigenvalue weighted by Crippen LogP contribution is -2.20. The summed E-state index contributed by atoms with van der Waals surface area (Å²) in [6, 6.07) is 10.00. The Morgan fingerprint density at radius 2 is 1.90 bits per heavy atom. The van der Waals surface area contributed by atoms with Crippen molar-refractivity contribution in [3.05, 3.63) is 59.4 Å². The Balaban J connectivity index is 2.49. The van der Waals surface area contributed by atoms with Gasteiger partial charge in [0.05, 0.1) is 10.6 Å². The molecule has 0 unspecified atom stereocenters. The molecule has 0 aliphatic heterocycles. The van der Waals surface area contributed by atoms with Crippen LogP contribution in [0.25, 0.3) is 0 Å². The van der Waals surface area contributed by atoms with Gasteiger partial charge in [0.15, 0.2) is 0 Å². The summed E-state index contributed by atoms with van der Waals surface area (Å²) in [5.41, 5.74) is 6.56. The highest BCUT2D eigenvalue weighted by atomic mass is 32.2. The van der Waals surface area contributed by atoms with Gasteiger partial charge in [-0.15, -0.1) is 0 Å². The van der Waals surface area contributed by atoms with Crippen LogP contribution in [0.5, 0.6) is 0 Å². The Hall–Kier alpha value is -1.99. The molecule has 7 heteroatoms. The monoisotopic (exact) mass is 324 g/mol.